The topological polar surface area (TPSA) is 16.4 Å². The number of anilines is 2. The number of benzene rings is 1. The maximum Gasteiger partial charge on any atom is 0.203 e. The van der Waals surface area contributed by atoms with Gasteiger partial charge in [-0.2, -0.15) is 0 Å². The molecular formula is C20H21NO. The summed E-state index contributed by atoms with van der Waals surface area (Å²) in [4.78, 5) is 2.40. The highest BCUT2D eigenvalue weighted by Crippen LogP contribution is 2.44. The fourth-order valence-corrected chi connectivity index (χ4v) is 4.01. The molecule has 0 radical (unpaired) electrons. The molecule has 0 saturated heterocycles. The summed E-state index contributed by atoms with van der Waals surface area (Å²) >= 11 is 0. The fraction of sp³-hybridized carbons (Fsp3) is 0.300. The average Bonchev–Trinajstić information content (AvgIpc) is 2.93. The molecule has 0 bridgehead atoms. The van der Waals surface area contributed by atoms with E-state index in [1.807, 2.05) is 6.26 Å². The first-order chi connectivity index (χ1) is 10.6. The summed E-state index contributed by atoms with van der Waals surface area (Å²) in [6.45, 7) is 6.71. The van der Waals surface area contributed by atoms with E-state index in [-0.39, 0.29) is 0 Å². The van der Waals surface area contributed by atoms with Crippen LogP contribution in [0.5, 0.6) is 0 Å². The van der Waals surface area contributed by atoms with Gasteiger partial charge in [0.1, 0.15) is 0 Å². The second-order valence-electron chi connectivity index (χ2n) is 6.53. The smallest absolute Gasteiger partial charge is 0.203 e. The largest absolute Gasteiger partial charge is 0.448 e. The standard InChI is InChI=1S/C20H21NO/c1-13-10-14(2)19(15(3)11-13)21-18-7-5-4-6-16(18)12-17-8-9-22-20(17)21/h4-11,14,19H,12H2,1-3H3. The number of para-hydroxylation sites is 1. The van der Waals surface area contributed by atoms with Gasteiger partial charge in [-0.15, -0.1) is 0 Å². The molecule has 22 heavy (non-hydrogen) atoms. The van der Waals surface area contributed by atoms with Crippen molar-refractivity contribution in [3.05, 3.63) is 71.0 Å². The molecule has 0 saturated carbocycles. The van der Waals surface area contributed by atoms with Crippen molar-refractivity contribution in [1.29, 1.82) is 0 Å². The lowest BCUT2D eigenvalue weighted by molar-refractivity contribution is 0.503. The van der Waals surface area contributed by atoms with Crippen LogP contribution in [0.3, 0.4) is 0 Å². The van der Waals surface area contributed by atoms with Crippen molar-refractivity contribution in [1.82, 2.24) is 0 Å². The van der Waals surface area contributed by atoms with Crippen LogP contribution >= 0.6 is 0 Å². The first-order valence-corrected chi connectivity index (χ1v) is 7.95. The number of hydrogen-bond donors (Lipinski definition) is 0. The molecule has 0 spiro atoms. The molecule has 1 aliphatic carbocycles. The van der Waals surface area contributed by atoms with Crippen molar-refractivity contribution in [2.45, 2.75) is 33.2 Å². The second-order valence-corrected chi connectivity index (χ2v) is 6.53. The minimum Gasteiger partial charge on any atom is -0.448 e. The van der Waals surface area contributed by atoms with E-state index in [1.165, 1.54) is 28.0 Å². The Morgan fingerprint density at radius 2 is 1.91 bits per heavy atom. The number of allylic oxidation sites excluding steroid dienone is 2. The van der Waals surface area contributed by atoms with Gasteiger partial charge in [-0.1, -0.05) is 42.8 Å². The summed E-state index contributed by atoms with van der Waals surface area (Å²) in [5.41, 5.74) is 6.69. The molecule has 1 aromatic heterocycles. The Balaban J connectivity index is 1.88. The van der Waals surface area contributed by atoms with E-state index < -0.39 is 0 Å². The van der Waals surface area contributed by atoms with Crippen LogP contribution in [0.25, 0.3) is 0 Å². The third-order valence-corrected chi connectivity index (χ3v) is 4.80. The lowest BCUT2D eigenvalue weighted by Gasteiger charge is -2.40. The highest BCUT2D eigenvalue weighted by Gasteiger charge is 2.35. The summed E-state index contributed by atoms with van der Waals surface area (Å²) < 4.78 is 5.88. The van der Waals surface area contributed by atoms with Crippen molar-refractivity contribution >= 4 is 11.6 Å². The molecule has 112 valence electrons. The highest BCUT2D eigenvalue weighted by molar-refractivity contribution is 5.72. The maximum atomic E-state index is 5.88. The number of furan rings is 1. The van der Waals surface area contributed by atoms with E-state index in [2.05, 4.69) is 68.2 Å². The zero-order chi connectivity index (χ0) is 15.3. The van der Waals surface area contributed by atoms with Gasteiger partial charge in [0.15, 0.2) is 0 Å². The van der Waals surface area contributed by atoms with E-state index >= 15 is 0 Å². The minimum atomic E-state index is 0.315. The van der Waals surface area contributed by atoms with Gasteiger partial charge in [0.2, 0.25) is 5.88 Å². The van der Waals surface area contributed by atoms with Crippen LogP contribution in [0.2, 0.25) is 0 Å². The Labute approximate surface area is 131 Å². The van der Waals surface area contributed by atoms with Gasteiger partial charge in [-0.05, 0) is 43.0 Å². The summed E-state index contributed by atoms with van der Waals surface area (Å²) in [6.07, 6.45) is 7.43. The highest BCUT2D eigenvalue weighted by atomic mass is 16.3. The Bertz CT molecular complexity index is 781. The monoisotopic (exact) mass is 291 g/mol. The summed E-state index contributed by atoms with van der Waals surface area (Å²) in [5, 5.41) is 0. The van der Waals surface area contributed by atoms with Crippen LogP contribution in [-0.4, -0.2) is 6.04 Å². The second kappa shape index (κ2) is 4.91. The van der Waals surface area contributed by atoms with Crippen LogP contribution in [0.4, 0.5) is 11.6 Å². The normalized spacial score (nSPS) is 23.5. The third kappa shape index (κ3) is 1.94. The molecule has 0 amide bonds. The molecule has 2 heterocycles. The number of rotatable bonds is 1. The average molecular weight is 291 g/mol. The molecule has 0 fully saturated rings. The zero-order valence-corrected chi connectivity index (χ0v) is 13.3. The lowest BCUT2D eigenvalue weighted by Crippen LogP contribution is -2.40. The van der Waals surface area contributed by atoms with Crippen LogP contribution in [0, 0.1) is 5.92 Å². The summed E-state index contributed by atoms with van der Waals surface area (Å²) in [7, 11) is 0. The van der Waals surface area contributed by atoms with E-state index in [4.69, 9.17) is 4.42 Å². The lowest BCUT2D eigenvalue weighted by atomic mass is 9.84. The van der Waals surface area contributed by atoms with Crippen molar-refractivity contribution in [2.24, 2.45) is 5.92 Å². The molecule has 1 aromatic carbocycles. The number of hydrogen-bond acceptors (Lipinski definition) is 2. The number of nitrogens with zero attached hydrogens (tertiary/aromatic N) is 1. The zero-order valence-electron chi connectivity index (χ0n) is 13.3. The first kappa shape index (κ1) is 13.4. The Morgan fingerprint density at radius 3 is 2.73 bits per heavy atom. The van der Waals surface area contributed by atoms with E-state index in [9.17, 15) is 0 Å². The maximum absolute atomic E-state index is 5.88. The van der Waals surface area contributed by atoms with E-state index in [1.54, 1.807) is 0 Å². The third-order valence-electron chi connectivity index (χ3n) is 4.80. The molecule has 2 unspecified atom stereocenters. The Morgan fingerprint density at radius 1 is 1.09 bits per heavy atom. The number of fused-ring (bicyclic) bond motifs is 2. The predicted molar refractivity (Wildman–Crippen MR) is 90.6 cm³/mol. The van der Waals surface area contributed by atoms with Gasteiger partial charge in [-0.25, -0.2) is 0 Å². The van der Waals surface area contributed by atoms with Crippen LogP contribution < -0.4 is 4.90 Å². The van der Waals surface area contributed by atoms with E-state index in [0.29, 0.717) is 12.0 Å². The van der Waals surface area contributed by atoms with Gasteiger partial charge in [0, 0.05) is 17.7 Å². The molecule has 2 aliphatic rings. The quantitative estimate of drug-likeness (QED) is 0.715. The predicted octanol–water partition coefficient (Wildman–Crippen LogP) is 5.23. The van der Waals surface area contributed by atoms with Gasteiger partial charge < -0.3 is 9.32 Å². The molecule has 1 aliphatic heterocycles. The molecular weight excluding hydrogens is 270 g/mol. The molecule has 2 nitrogen and oxygen atoms in total. The Kier molecular flexibility index (Phi) is 3.00. The van der Waals surface area contributed by atoms with Crippen LogP contribution in [0.15, 0.2) is 64.3 Å². The molecule has 2 heteroatoms. The van der Waals surface area contributed by atoms with Crippen LogP contribution in [0.1, 0.15) is 31.9 Å². The van der Waals surface area contributed by atoms with E-state index in [0.717, 1.165) is 12.3 Å². The fourth-order valence-electron chi connectivity index (χ4n) is 4.01. The van der Waals surface area contributed by atoms with Gasteiger partial charge >= 0.3 is 0 Å². The van der Waals surface area contributed by atoms with Crippen molar-refractivity contribution < 1.29 is 4.42 Å². The first-order valence-electron chi connectivity index (χ1n) is 7.95. The molecule has 2 aromatic rings. The van der Waals surface area contributed by atoms with Gasteiger partial charge in [0.05, 0.1) is 12.3 Å². The molecule has 4 rings (SSSR count). The SMILES string of the molecule is CC1=CC(C)C(N2c3ccccc3Cc3ccoc32)C(C)=C1. The van der Waals surface area contributed by atoms with Crippen molar-refractivity contribution in [2.75, 3.05) is 4.90 Å². The minimum absolute atomic E-state index is 0.315. The Hall–Kier alpha value is -2.22. The van der Waals surface area contributed by atoms with Crippen molar-refractivity contribution in [3.63, 3.8) is 0 Å². The van der Waals surface area contributed by atoms with Crippen LogP contribution in [-0.2, 0) is 6.42 Å². The molecule has 0 N–H and O–H groups in total. The van der Waals surface area contributed by atoms with Gasteiger partial charge in [-0.3, -0.25) is 0 Å². The molecule has 2 atom stereocenters. The van der Waals surface area contributed by atoms with Gasteiger partial charge in [0.25, 0.3) is 0 Å². The van der Waals surface area contributed by atoms with Crippen molar-refractivity contribution in [3.8, 4) is 0 Å². The summed E-state index contributed by atoms with van der Waals surface area (Å²) in [5.74, 6) is 1.46. The summed E-state index contributed by atoms with van der Waals surface area (Å²) in [6, 6.07) is 11.1.